The van der Waals surface area contributed by atoms with Gasteiger partial charge in [-0.15, -0.1) is 0 Å². The van der Waals surface area contributed by atoms with Gasteiger partial charge in [0.05, 0.1) is 36.7 Å². The summed E-state index contributed by atoms with van der Waals surface area (Å²) in [5.41, 5.74) is 0.432. The van der Waals surface area contributed by atoms with Crippen LogP contribution in [0.3, 0.4) is 0 Å². The fourth-order valence-electron chi connectivity index (χ4n) is 4.54. The number of likely N-dealkylation sites (N-methyl/N-ethyl adjacent to an activating group) is 1. The Kier molecular flexibility index (Phi) is 10.8. The van der Waals surface area contributed by atoms with Gasteiger partial charge in [-0.1, -0.05) is 6.92 Å². The summed E-state index contributed by atoms with van der Waals surface area (Å²) in [6.07, 6.45) is 5.10. The first-order valence-electron chi connectivity index (χ1n) is 13.4. The zero-order chi connectivity index (χ0) is 28.7. The summed E-state index contributed by atoms with van der Waals surface area (Å²) in [5, 5.41) is 9.91. The molecule has 0 bridgehead atoms. The number of fused-ring (bicyclic) bond motifs is 1. The summed E-state index contributed by atoms with van der Waals surface area (Å²) in [6.45, 7) is 7.22. The number of aliphatic hydroxyl groups excluding tert-OH is 1. The van der Waals surface area contributed by atoms with Crippen molar-refractivity contribution in [1.29, 1.82) is 0 Å². The summed E-state index contributed by atoms with van der Waals surface area (Å²) >= 11 is 0. The van der Waals surface area contributed by atoms with Crippen molar-refractivity contribution < 1.29 is 27.8 Å². The Morgan fingerprint density at radius 1 is 1.26 bits per heavy atom. The molecule has 0 fully saturated rings. The van der Waals surface area contributed by atoms with Crippen molar-refractivity contribution in [2.24, 2.45) is 13.0 Å². The number of anilines is 1. The van der Waals surface area contributed by atoms with Crippen LogP contribution in [0, 0.1) is 5.92 Å². The smallest absolute Gasteiger partial charge is 0.280 e. The normalized spacial score (nSPS) is 22.6. The van der Waals surface area contributed by atoms with Crippen LogP contribution in [0.1, 0.15) is 50.4 Å². The molecule has 4 atom stereocenters. The van der Waals surface area contributed by atoms with E-state index in [1.807, 2.05) is 27.9 Å². The molecule has 0 unspecified atom stereocenters. The van der Waals surface area contributed by atoms with Crippen LogP contribution in [0.15, 0.2) is 35.7 Å². The molecule has 2 heterocycles. The van der Waals surface area contributed by atoms with E-state index in [4.69, 9.17) is 9.47 Å². The van der Waals surface area contributed by atoms with Gasteiger partial charge in [0.25, 0.3) is 15.9 Å². The number of aromatic nitrogens is 2. The molecule has 11 nitrogen and oxygen atoms in total. The lowest BCUT2D eigenvalue weighted by Gasteiger charge is -2.35. The molecule has 2 aromatic rings. The number of aliphatic hydroxyl groups is 1. The zero-order valence-corrected chi connectivity index (χ0v) is 24.6. The highest BCUT2D eigenvalue weighted by Gasteiger charge is 2.30. The highest BCUT2D eigenvalue weighted by atomic mass is 32.2. The predicted octanol–water partition coefficient (Wildman–Crippen LogP) is 2.58. The van der Waals surface area contributed by atoms with E-state index in [9.17, 15) is 18.3 Å². The molecule has 1 aromatic carbocycles. The van der Waals surface area contributed by atoms with Crippen LogP contribution in [0.5, 0.6) is 5.75 Å². The highest BCUT2D eigenvalue weighted by Crippen LogP contribution is 2.29. The van der Waals surface area contributed by atoms with Crippen LogP contribution >= 0.6 is 0 Å². The van der Waals surface area contributed by atoms with E-state index in [-0.39, 0.29) is 46.9 Å². The summed E-state index contributed by atoms with van der Waals surface area (Å²) in [4.78, 5) is 21.7. The van der Waals surface area contributed by atoms with Crippen LogP contribution < -0.4 is 9.46 Å². The van der Waals surface area contributed by atoms with Gasteiger partial charge >= 0.3 is 0 Å². The minimum Gasteiger partial charge on any atom is -0.490 e. The van der Waals surface area contributed by atoms with Crippen molar-refractivity contribution >= 4 is 21.6 Å². The van der Waals surface area contributed by atoms with Crippen LogP contribution in [0.25, 0.3) is 0 Å². The number of amides is 1. The molecule has 3 rings (SSSR count). The van der Waals surface area contributed by atoms with Gasteiger partial charge in [-0.05, 0) is 65.4 Å². The number of sulfonamides is 1. The summed E-state index contributed by atoms with van der Waals surface area (Å²) in [5.74, 6) is -0.0122. The van der Waals surface area contributed by atoms with E-state index in [0.29, 0.717) is 25.4 Å². The first-order valence-corrected chi connectivity index (χ1v) is 14.9. The maximum absolute atomic E-state index is 14.1. The molecule has 2 N–H and O–H groups in total. The number of nitrogens with one attached hydrogen (secondary N) is 1. The fourth-order valence-corrected chi connectivity index (χ4v) is 5.58. The molecule has 39 heavy (non-hydrogen) atoms. The third kappa shape index (κ3) is 8.41. The molecule has 0 saturated carbocycles. The van der Waals surface area contributed by atoms with Crippen LogP contribution in [0.4, 0.5) is 5.69 Å². The van der Waals surface area contributed by atoms with Gasteiger partial charge < -0.3 is 28.9 Å². The van der Waals surface area contributed by atoms with Gasteiger partial charge in [0.2, 0.25) is 0 Å². The molecule has 1 aromatic heterocycles. The fraction of sp³-hybridized carbons (Fsp3) is 0.630. The molecule has 0 spiro atoms. The molecule has 1 aliphatic heterocycles. The zero-order valence-electron chi connectivity index (χ0n) is 23.8. The van der Waals surface area contributed by atoms with Gasteiger partial charge in [0, 0.05) is 44.5 Å². The molecule has 12 heteroatoms. The second-order valence-corrected chi connectivity index (χ2v) is 12.4. The SMILES string of the molecule is C[C@@H]1CCCCO[C@@H](CN(C)C)[C@H](C)CN([C@@H](C)CO)C(=O)c2cc(NS(=O)(=O)c3cn(C)cn3)ccc2O1. The van der Waals surface area contributed by atoms with Crippen molar-refractivity contribution in [1.82, 2.24) is 19.4 Å². The van der Waals surface area contributed by atoms with Crippen molar-refractivity contribution in [2.45, 2.75) is 63.3 Å². The van der Waals surface area contributed by atoms with Crippen molar-refractivity contribution in [3.63, 3.8) is 0 Å². The molecule has 0 saturated heterocycles. The quantitative estimate of drug-likeness (QED) is 0.525. The van der Waals surface area contributed by atoms with E-state index in [0.717, 1.165) is 19.3 Å². The van der Waals surface area contributed by atoms with Gasteiger partial charge in [0.15, 0.2) is 5.03 Å². The van der Waals surface area contributed by atoms with Gasteiger partial charge in [-0.3, -0.25) is 9.52 Å². The second-order valence-electron chi connectivity index (χ2n) is 10.8. The van der Waals surface area contributed by atoms with Crippen LogP contribution in [0.2, 0.25) is 0 Å². The van der Waals surface area contributed by atoms with Crippen LogP contribution in [-0.2, 0) is 21.8 Å². The monoisotopic (exact) mass is 565 g/mol. The molecule has 1 aliphatic rings. The minimum atomic E-state index is -3.97. The van der Waals surface area contributed by atoms with Crippen molar-refractivity contribution in [3.05, 3.63) is 36.3 Å². The Hall–Kier alpha value is -2.67. The number of rotatable bonds is 7. The Balaban J connectivity index is 2.02. The maximum atomic E-state index is 14.1. The Morgan fingerprint density at radius 2 is 2.00 bits per heavy atom. The number of hydrogen-bond donors (Lipinski definition) is 2. The number of nitrogens with zero attached hydrogens (tertiary/aromatic N) is 4. The Labute approximate surface area is 232 Å². The largest absolute Gasteiger partial charge is 0.490 e. The molecular formula is C27H43N5O6S. The van der Waals surface area contributed by atoms with Gasteiger partial charge in [-0.25, -0.2) is 4.98 Å². The van der Waals surface area contributed by atoms with E-state index in [1.165, 1.54) is 18.6 Å². The number of benzene rings is 1. The van der Waals surface area contributed by atoms with E-state index < -0.39 is 16.1 Å². The predicted molar refractivity (Wildman–Crippen MR) is 149 cm³/mol. The molecule has 218 valence electrons. The lowest BCUT2D eigenvalue weighted by Crippen LogP contribution is -2.47. The van der Waals surface area contributed by atoms with E-state index in [1.54, 1.807) is 35.6 Å². The van der Waals surface area contributed by atoms with E-state index >= 15 is 0 Å². The molecular weight excluding hydrogens is 522 g/mol. The summed E-state index contributed by atoms with van der Waals surface area (Å²) < 4.78 is 42.4. The highest BCUT2D eigenvalue weighted by molar-refractivity contribution is 7.92. The minimum absolute atomic E-state index is 0.0255. The first kappa shape index (κ1) is 30.9. The number of ether oxygens (including phenoxy) is 2. The van der Waals surface area contributed by atoms with E-state index in [2.05, 4.69) is 14.6 Å². The summed E-state index contributed by atoms with van der Waals surface area (Å²) in [6, 6.07) is 4.21. The average molecular weight is 566 g/mol. The number of aryl methyl sites for hydroxylation is 1. The third-order valence-corrected chi connectivity index (χ3v) is 8.07. The average Bonchev–Trinajstić information content (AvgIpc) is 3.32. The van der Waals surface area contributed by atoms with Gasteiger partial charge in [-0.2, -0.15) is 8.42 Å². The lowest BCUT2D eigenvalue weighted by atomic mass is 10.0. The van der Waals surface area contributed by atoms with Crippen molar-refractivity contribution in [2.75, 3.05) is 45.1 Å². The molecule has 0 aliphatic carbocycles. The number of imidazole rings is 1. The Bertz CT molecular complexity index is 1200. The first-order chi connectivity index (χ1) is 18.4. The summed E-state index contributed by atoms with van der Waals surface area (Å²) in [7, 11) is 1.69. The molecule has 0 radical (unpaired) electrons. The maximum Gasteiger partial charge on any atom is 0.280 e. The number of hydrogen-bond acceptors (Lipinski definition) is 8. The molecule has 1 amide bonds. The standard InChI is InChI=1S/C27H43N5O6S/c1-19-14-32(20(2)17-33)27(34)23-13-22(29-39(35,36)26-16-31(6)18-28-26)10-11-24(23)38-21(3)9-7-8-12-37-25(19)15-30(4)5/h10-11,13,16,18-21,25,29,33H,7-9,12,14-15,17H2,1-6H3/t19-,20+,21-,25+/m1/s1. The second kappa shape index (κ2) is 13.6. The van der Waals surface area contributed by atoms with Crippen LogP contribution in [-0.4, -0.2) is 97.4 Å². The Morgan fingerprint density at radius 3 is 2.64 bits per heavy atom. The number of carbonyl (C=O) groups is 1. The topological polar surface area (TPSA) is 126 Å². The lowest BCUT2D eigenvalue weighted by molar-refractivity contribution is -0.0137. The van der Waals surface area contributed by atoms with Crippen molar-refractivity contribution in [3.8, 4) is 5.75 Å². The van der Waals surface area contributed by atoms with Gasteiger partial charge in [0.1, 0.15) is 5.75 Å². The number of carbonyl (C=O) groups excluding carboxylic acids is 1. The third-order valence-electron chi connectivity index (χ3n) is 6.81.